The molecule has 0 aliphatic carbocycles. The Morgan fingerprint density at radius 1 is 1.33 bits per heavy atom. The second-order valence-electron chi connectivity index (χ2n) is 1.69. The standard InChI is InChI=1S/C6H10NO2/c1-4-7(5(2)8)6(3)9/h1,4H2,2-3H3. The van der Waals surface area contributed by atoms with Crippen LogP contribution in [0.1, 0.15) is 13.8 Å². The SMILES string of the molecule is [CH2]CN(C(C)=O)C(C)=O. The predicted molar refractivity (Wildman–Crippen MR) is 33.4 cm³/mol. The summed E-state index contributed by atoms with van der Waals surface area (Å²) >= 11 is 0. The first-order chi connectivity index (χ1) is 4.09. The highest BCUT2D eigenvalue weighted by molar-refractivity contribution is 5.92. The van der Waals surface area contributed by atoms with Gasteiger partial charge in [-0.05, 0) is 6.92 Å². The number of amides is 2. The fourth-order valence-corrected chi connectivity index (χ4v) is 0.537. The largest absolute Gasteiger partial charge is 0.283 e. The summed E-state index contributed by atoms with van der Waals surface area (Å²) in [4.78, 5) is 22.0. The molecule has 0 unspecified atom stereocenters. The molecule has 0 aromatic heterocycles. The molecular weight excluding hydrogens is 118 g/mol. The van der Waals surface area contributed by atoms with Crippen molar-refractivity contribution in [2.45, 2.75) is 13.8 Å². The lowest BCUT2D eigenvalue weighted by Crippen LogP contribution is -2.32. The lowest BCUT2D eigenvalue weighted by molar-refractivity contribution is -0.141. The molecule has 2 amide bonds. The zero-order valence-electron chi connectivity index (χ0n) is 5.68. The van der Waals surface area contributed by atoms with Crippen LogP contribution in [0.4, 0.5) is 0 Å². The maximum absolute atomic E-state index is 10.5. The zero-order chi connectivity index (χ0) is 7.44. The lowest BCUT2D eigenvalue weighted by Gasteiger charge is -2.12. The minimum atomic E-state index is -0.252. The molecule has 0 N–H and O–H groups in total. The van der Waals surface area contributed by atoms with Gasteiger partial charge in [-0.25, -0.2) is 0 Å². The molecule has 0 saturated heterocycles. The first kappa shape index (κ1) is 8.14. The summed E-state index contributed by atoms with van der Waals surface area (Å²) in [6.45, 7) is 6.31. The minimum absolute atomic E-state index is 0.213. The van der Waals surface area contributed by atoms with Gasteiger partial charge in [0.15, 0.2) is 0 Å². The topological polar surface area (TPSA) is 37.4 Å². The molecule has 0 atom stereocenters. The average Bonchev–Trinajstić information content (AvgIpc) is 1.64. The van der Waals surface area contributed by atoms with Crippen molar-refractivity contribution in [3.8, 4) is 0 Å². The van der Waals surface area contributed by atoms with Gasteiger partial charge in [-0.1, -0.05) is 0 Å². The molecule has 0 aliphatic rings. The van der Waals surface area contributed by atoms with Crippen LogP contribution < -0.4 is 0 Å². The van der Waals surface area contributed by atoms with E-state index < -0.39 is 0 Å². The number of carbonyl (C=O) groups excluding carboxylic acids is 2. The predicted octanol–water partition coefficient (Wildman–Crippen LogP) is 0.215. The highest BCUT2D eigenvalue weighted by Gasteiger charge is 2.08. The molecule has 0 aromatic rings. The van der Waals surface area contributed by atoms with E-state index in [-0.39, 0.29) is 18.4 Å². The number of carbonyl (C=O) groups is 2. The van der Waals surface area contributed by atoms with Gasteiger partial charge in [0.25, 0.3) is 0 Å². The fraction of sp³-hybridized carbons (Fsp3) is 0.500. The van der Waals surface area contributed by atoms with Gasteiger partial charge in [-0.15, -0.1) is 0 Å². The molecular formula is C6H10NO2. The Labute approximate surface area is 54.6 Å². The molecule has 9 heavy (non-hydrogen) atoms. The summed E-state index contributed by atoms with van der Waals surface area (Å²) < 4.78 is 0. The van der Waals surface area contributed by atoms with Crippen molar-refractivity contribution in [1.82, 2.24) is 4.90 Å². The first-order valence-corrected chi connectivity index (χ1v) is 2.67. The quantitative estimate of drug-likeness (QED) is 0.506. The summed E-state index contributed by atoms with van der Waals surface area (Å²) in [5.74, 6) is -0.505. The molecule has 0 saturated carbocycles. The maximum Gasteiger partial charge on any atom is 0.226 e. The third kappa shape index (κ3) is 2.26. The Morgan fingerprint density at radius 3 is 1.67 bits per heavy atom. The van der Waals surface area contributed by atoms with Gasteiger partial charge in [0.2, 0.25) is 11.8 Å². The van der Waals surface area contributed by atoms with Crippen LogP contribution in [0.2, 0.25) is 0 Å². The van der Waals surface area contributed by atoms with Gasteiger partial charge in [0.1, 0.15) is 0 Å². The molecule has 0 fully saturated rings. The molecule has 0 aromatic carbocycles. The van der Waals surface area contributed by atoms with Gasteiger partial charge in [-0.3, -0.25) is 14.5 Å². The summed E-state index contributed by atoms with van der Waals surface area (Å²) in [7, 11) is 0. The summed E-state index contributed by atoms with van der Waals surface area (Å²) in [6, 6.07) is 0. The van der Waals surface area contributed by atoms with Crippen LogP contribution in [0.3, 0.4) is 0 Å². The van der Waals surface area contributed by atoms with Gasteiger partial charge in [-0.2, -0.15) is 0 Å². The second-order valence-corrected chi connectivity index (χ2v) is 1.69. The van der Waals surface area contributed by atoms with E-state index >= 15 is 0 Å². The Kier molecular flexibility index (Phi) is 2.91. The van der Waals surface area contributed by atoms with Crippen LogP contribution >= 0.6 is 0 Å². The van der Waals surface area contributed by atoms with E-state index in [9.17, 15) is 9.59 Å². The van der Waals surface area contributed by atoms with Crippen LogP contribution in [0, 0.1) is 6.92 Å². The third-order valence-corrected chi connectivity index (χ3v) is 0.984. The summed E-state index contributed by atoms with van der Waals surface area (Å²) in [5, 5.41) is 0. The third-order valence-electron chi connectivity index (χ3n) is 0.984. The van der Waals surface area contributed by atoms with E-state index in [1.54, 1.807) is 0 Å². The number of hydrogen-bond donors (Lipinski definition) is 0. The van der Waals surface area contributed by atoms with Crippen LogP contribution in [0.5, 0.6) is 0 Å². The normalized spacial score (nSPS) is 8.78. The van der Waals surface area contributed by atoms with Crippen LogP contribution in [0.25, 0.3) is 0 Å². The molecule has 1 radical (unpaired) electrons. The first-order valence-electron chi connectivity index (χ1n) is 2.67. The Hall–Kier alpha value is -0.860. The van der Waals surface area contributed by atoms with Gasteiger partial charge < -0.3 is 0 Å². The molecule has 0 heterocycles. The molecule has 51 valence electrons. The summed E-state index contributed by atoms with van der Waals surface area (Å²) in [5.41, 5.74) is 0. The van der Waals surface area contributed by atoms with E-state index in [4.69, 9.17) is 0 Å². The smallest absolute Gasteiger partial charge is 0.226 e. The number of hydrogen-bond acceptors (Lipinski definition) is 2. The fourth-order valence-electron chi connectivity index (χ4n) is 0.537. The van der Waals surface area contributed by atoms with Crippen LogP contribution in [0.15, 0.2) is 0 Å². The van der Waals surface area contributed by atoms with Crippen LogP contribution in [-0.2, 0) is 9.59 Å². The molecule has 3 nitrogen and oxygen atoms in total. The Morgan fingerprint density at radius 2 is 1.67 bits per heavy atom. The van der Waals surface area contributed by atoms with Gasteiger partial charge in [0, 0.05) is 20.4 Å². The minimum Gasteiger partial charge on any atom is -0.283 e. The average molecular weight is 128 g/mol. The van der Waals surface area contributed by atoms with E-state index in [0.717, 1.165) is 4.90 Å². The van der Waals surface area contributed by atoms with Gasteiger partial charge in [0.05, 0.1) is 0 Å². The highest BCUT2D eigenvalue weighted by Crippen LogP contribution is 1.87. The monoisotopic (exact) mass is 128 g/mol. The zero-order valence-corrected chi connectivity index (χ0v) is 5.68. The van der Waals surface area contributed by atoms with Crippen molar-refractivity contribution in [3.63, 3.8) is 0 Å². The summed E-state index contributed by atoms with van der Waals surface area (Å²) in [6.07, 6.45) is 0. The molecule has 3 heteroatoms. The van der Waals surface area contributed by atoms with Crippen molar-refractivity contribution in [2.24, 2.45) is 0 Å². The second kappa shape index (κ2) is 3.22. The Bertz CT molecular complexity index is 117. The molecule has 0 rings (SSSR count). The van der Waals surface area contributed by atoms with E-state index in [2.05, 4.69) is 6.92 Å². The highest BCUT2D eigenvalue weighted by atomic mass is 16.2. The van der Waals surface area contributed by atoms with E-state index in [1.165, 1.54) is 13.8 Å². The van der Waals surface area contributed by atoms with Crippen molar-refractivity contribution >= 4 is 11.8 Å². The number of imide groups is 1. The molecule has 0 bridgehead atoms. The molecule has 0 aliphatic heterocycles. The van der Waals surface area contributed by atoms with Crippen molar-refractivity contribution in [3.05, 3.63) is 6.92 Å². The van der Waals surface area contributed by atoms with E-state index in [1.807, 2.05) is 0 Å². The lowest BCUT2D eigenvalue weighted by atomic mass is 10.5. The van der Waals surface area contributed by atoms with Gasteiger partial charge >= 0.3 is 0 Å². The van der Waals surface area contributed by atoms with E-state index in [0.29, 0.717) is 0 Å². The molecule has 0 spiro atoms. The van der Waals surface area contributed by atoms with Crippen molar-refractivity contribution in [2.75, 3.05) is 6.54 Å². The van der Waals surface area contributed by atoms with Crippen LogP contribution in [-0.4, -0.2) is 23.3 Å². The van der Waals surface area contributed by atoms with Crippen molar-refractivity contribution < 1.29 is 9.59 Å². The number of nitrogens with zero attached hydrogens (tertiary/aromatic N) is 1. The Balaban J connectivity index is 3.99. The maximum atomic E-state index is 10.5. The van der Waals surface area contributed by atoms with Crippen molar-refractivity contribution in [1.29, 1.82) is 0 Å². The number of rotatable bonds is 1.